The minimum Gasteiger partial charge on any atom is -0.399 e. The quantitative estimate of drug-likeness (QED) is 0.871. The average molecular weight is 303 g/mol. The lowest BCUT2D eigenvalue weighted by molar-refractivity contribution is 0.0752. The first kappa shape index (κ1) is 15.4. The number of rotatable bonds is 4. The van der Waals surface area contributed by atoms with Crippen LogP contribution in [0, 0.1) is 6.92 Å². The Bertz CT molecular complexity index is 655. The number of aryl methyl sites for hydroxylation is 1. The maximum atomic E-state index is 12.7. The second-order valence-electron chi connectivity index (χ2n) is 4.99. The number of benzene rings is 2. The van der Waals surface area contributed by atoms with Gasteiger partial charge in [-0.15, -0.1) is 0 Å². The van der Waals surface area contributed by atoms with Crippen molar-refractivity contribution in [1.29, 1.82) is 0 Å². The predicted octanol–water partition coefficient (Wildman–Crippen LogP) is 3.89. The van der Waals surface area contributed by atoms with Crippen LogP contribution in [0.1, 0.15) is 28.4 Å². The van der Waals surface area contributed by atoms with E-state index in [0.29, 0.717) is 29.4 Å². The normalized spacial score (nSPS) is 10.4. The van der Waals surface area contributed by atoms with Crippen LogP contribution < -0.4 is 5.73 Å². The van der Waals surface area contributed by atoms with Gasteiger partial charge in [-0.25, -0.2) is 0 Å². The standard InChI is InChI=1S/C17H19ClN2O/c1-3-20(11-13-6-4-5-7-16(13)18)17(21)15-10-14(19)9-8-12(15)2/h4-10H,3,11,19H2,1-2H3. The maximum absolute atomic E-state index is 12.7. The Morgan fingerprint density at radius 2 is 1.95 bits per heavy atom. The molecule has 0 aliphatic heterocycles. The number of carbonyl (C=O) groups excluding carboxylic acids is 1. The van der Waals surface area contributed by atoms with Crippen molar-refractivity contribution in [2.24, 2.45) is 0 Å². The summed E-state index contributed by atoms with van der Waals surface area (Å²) in [6.07, 6.45) is 0. The molecule has 110 valence electrons. The molecule has 0 heterocycles. The third kappa shape index (κ3) is 3.56. The Kier molecular flexibility index (Phi) is 4.86. The number of amides is 1. The van der Waals surface area contributed by atoms with Crippen molar-refractivity contribution in [3.63, 3.8) is 0 Å². The van der Waals surface area contributed by atoms with E-state index in [0.717, 1.165) is 11.1 Å². The van der Waals surface area contributed by atoms with Crippen LogP contribution in [0.3, 0.4) is 0 Å². The van der Waals surface area contributed by atoms with E-state index in [4.69, 9.17) is 17.3 Å². The Hall–Kier alpha value is -2.00. The van der Waals surface area contributed by atoms with Crippen molar-refractivity contribution in [3.8, 4) is 0 Å². The number of nitrogens with zero attached hydrogens (tertiary/aromatic N) is 1. The molecule has 0 spiro atoms. The van der Waals surface area contributed by atoms with E-state index in [9.17, 15) is 4.79 Å². The number of carbonyl (C=O) groups is 1. The zero-order valence-electron chi connectivity index (χ0n) is 12.3. The molecule has 2 N–H and O–H groups in total. The Morgan fingerprint density at radius 1 is 1.24 bits per heavy atom. The SMILES string of the molecule is CCN(Cc1ccccc1Cl)C(=O)c1cc(N)ccc1C. The highest BCUT2D eigenvalue weighted by molar-refractivity contribution is 6.31. The molecule has 2 aromatic carbocycles. The van der Waals surface area contributed by atoms with Crippen LogP contribution in [0.4, 0.5) is 5.69 Å². The smallest absolute Gasteiger partial charge is 0.254 e. The van der Waals surface area contributed by atoms with Crippen LogP contribution in [0.5, 0.6) is 0 Å². The number of anilines is 1. The van der Waals surface area contributed by atoms with E-state index in [-0.39, 0.29) is 5.91 Å². The van der Waals surface area contributed by atoms with Crippen molar-refractivity contribution in [2.45, 2.75) is 20.4 Å². The molecule has 3 nitrogen and oxygen atoms in total. The first-order chi connectivity index (χ1) is 10.0. The van der Waals surface area contributed by atoms with Crippen LogP contribution in [0.15, 0.2) is 42.5 Å². The largest absolute Gasteiger partial charge is 0.399 e. The summed E-state index contributed by atoms with van der Waals surface area (Å²) in [6.45, 7) is 4.97. The lowest BCUT2D eigenvalue weighted by atomic mass is 10.1. The van der Waals surface area contributed by atoms with Crippen molar-refractivity contribution in [3.05, 3.63) is 64.2 Å². The second kappa shape index (κ2) is 6.64. The summed E-state index contributed by atoms with van der Waals surface area (Å²) in [5.41, 5.74) is 8.89. The van der Waals surface area contributed by atoms with E-state index in [2.05, 4.69) is 0 Å². The van der Waals surface area contributed by atoms with Gasteiger partial charge in [0, 0.05) is 29.4 Å². The van der Waals surface area contributed by atoms with Crippen molar-refractivity contribution in [2.75, 3.05) is 12.3 Å². The lowest BCUT2D eigenvalue weighted by Gasteiger charge is -2.22. The van der Waals surface area contributed by atoms with E-state index in [1.165, 1.54) is 0 Å². The molecule has 0 saturated heterocycles. The molecule has 1 amide bonds. The molecule has 0 unspecified atom stereocenters. The first-order valence-corrected chi connectivity index (χ1v) is 7.29. The number of nitrogen functional groups attached to an aromatic ring is 1. The Balaban J connectivity index is 2.27. The zero-order valence-corrected chi connectivity index (χ0v) is 13.0. The number of hydrogen-bond acceptors (Lipinski definition) is 2. The van der Waals surface area contributed by atoms with Crippen LogP contribution in [0.2, 0.25) is 5.02 Å². The monoisotopic (exact) mass is 302 g/mol. The van der Waals surface area contributed by atoms with Gasteiger partial charge >= 0.3 is 0 Å². The highest BCUT2D eigenvalue weighted by Crippen LogP contribution is 2.20. The van der Waals surface area contributed by atoms with Crippen molar-refractivity contribution in [1.82, 2.24) is 4.90 Å². The molecule has 2 rings (SSSR count). The summed E-state index contributed by atoms with van der Waals surface area (Å²) < 4.78 is 0. The molecule has 4 heteroatoms. The maximum Gasteiger partial charge on any atom is 0.254 e. The van der Waals surface area contributed by atoms with Gasteiger partial charge < -0.3 is 10.6 Å². The van der Waals surface area contributed by atoms with Gasteiger partial charge in [-0.3, -0.25) is 4.79 Å². The van der Waals surface area contributed by atoms with Crippen LogP contribution in [0.25, 0.3) is 0 Å². The minimum absolute atomic E-state index is 0.0257. The van der Waals surface area contributed by atoms with Gasteiger partial charge in [0.25, 0.3) is 5.91 Å². The molecular formula is C17H19ClN2O. The molecule has 0 fully saturated rings. The van der Waals surface area contributed by atoms with E-state index in [1.807, 2.05) is 44.2 Å². The minimum atomic E-state index is -0.0257. The Labute approximate surface area is 130 Å². The van der Waals surface area contributed by atoms with Crippen LogP contribution in [-0.2, 0) is 6.54 Å². The van der Waals surface area contributed by atoms with Gasteiger partial charge in [0.2, 0.25) is 0 Å². The molecule has 0 aliphatic carbocycles. The van der Waals surface area contributed by atoms with Crippen LogP contribution >= 0.6 is 11.6 Å². The fourth-order valence-electron chi connectivity index (χ4n) is 2.20. The second-order valence-corrected chi connectivity index (χ2v) is 5.39. The van der Waals surface area contributed by atoms with Gasteiger partial charge in [-0.1, -0.05) is 35.9 Å². The summed E-state index contributed by atoms with van der Waals surface area (Å²) in [7, 11) is 0. The molecule has 0 radical (unpaired) electrons. The van der Waals surface area contributed by atoms with Crippen LogP contribution in [-0.4, -0.2) is 17.4 Å². The van der Waals surface area contributed by atoms with Gasteiger partial charge in [0.15, 0.2) is 0 Å². The average Bonchev–Trinajstić information content (AvgIpc) is 2.48. The number of hydrogen-bond donors (Lipinski definition) is 1. The topological polar surface area (TPSA) is 46.3 Å². The first-order valence-electron chi connectivity index (χ1n) is 6.91. The predicted molar refractivity (Wildman–Crippen MR) is 87.5 cm³/mol. The van der Waals surface area contributed by atoms with Crippen molar-refractivity contribution < 1.29 is 4.79 Å². The van der Waals surface area contributed by atoms with E-state index < -0.39 is 0 Å². The molecular weight excluding hydrogens is 284 g/mol. The zero-order chi connectivity index (χ0) is 15.4. The highest BCUT2D eigenvalue weighted by atomic mass is 35.5. The summed E-state index contributed by atoms with van der Waals surface area (Å²) in [5, 5.41) is 0.674. The molecule has 0 aromatic heterocycles. The summed E-state index contributed by atoms with van der Waals surface area (Å²) in [6, 6.07) is 13.0. The fraction of sp³-hybridized carbons (Fsp3) is 0.235. The summed E-state index contributed by atoms with van der Waals surface area (Å²) in [4.78, 5) is 14.5. The number of nitrogens with two attached hydrogens (primary N) is 1. The molecule has 2 aromatic rings. The summed E-state index contributed by atoms with van der Waals surface area (Å²) in [5.74, 6) is -0.0257. The molecule has 0 aliphatic rings. The highest BCUT2D eigenvalue weighted by Gasteiger charge is 2.17. The lowest BCUT2D eigenvalue weighted by Crippen LogP contribution is -2.31. The molecule has 0 bridgehead atoms. The molecule has 0 saturated carbocycles. The molecule has 21 heavy (non-hydrogen) atoms. The van der Waals surface area contributed by atoms with E-state index >= 15 is 0 Å². The van der Waals surface area contributed by atoms with Crippen molar-refractivity contribution >= 4 is 23.2 Å². The Morgan fingerprint density at radius 3 is 2.62 bits per heavy atom. The van der Waals surface area contributed by atoms with Gasteiger partial charge in [-0.05, 0) is 43.2 Å². The summed E-state index contributed by atoms with van der Waals surface area (Å²) >= 11 is 6.17. The van der Waals surface area contributed by atoms with Gasteiger partial charge in [0.1, 0.15) is 0 Å². The fourth-order valence-corrected chi connectivity index (χ4v) is 2.40. The third-order valence-electron chi connectivity index (χ3n) is 3.48. The number of halogens is 1. The third-order valence-corrected chi connectivity index (χ3v) is 3.85. The van der Waals surface area contributed by atoms with E-state index in [1.54, 1.807) is 17.0 Å². The van der Waals surface area contributed by atoms with Gasteiger partial charge in [-0.2, -0.15) is 0 Å². The van der Waals surface area contributed by atoms with Gasteiger partial charge in [0.05, 0.1) is 0 Å². The molecule has 0 atom stereocenters.